The summed E-state index contributed by atoms with van der Waals surface area (Å²) in [6.07, 6.45) is 0.833. The average Bonchev–Trinajstić information content (AvgIpc) is 2.42. The Balaban J connectivity index is 3.03. The lowest BCUT2D eigenvalue weighted by molar-refractivity contribution is -0.135. The lowest BCUT2D eigenvalue weighted by atomic mass is 10.2. The molecule has 20 heavy (non-hydrogen) atoms. The number of anilines is 1. The third kappa shape index (κ3) is 4.26. The molecule has 0 fully saturated rings. The molecular formula is C15H22N2O3. The van der Waals surface area contributed by atoms with Gasteiger partial charge < -0.3 is 10.0 Å². The Morgan fingerprint density at radius 3 is 2.25 bits per heavy atom. The third-order valence-electron chi connectivity index (χ3n) is 2.93. The van der Waals surface area contributed by atoms with E-state index in [0.717, 1.165) is 6.42 Å². The van der Waals surface area contributed by atoms with Crippen molar-refractivity contribution < 1.29 is 14.7 Å². The fraction of sp³-hybridized carbons (Fsp3) is 0.467. The highest BCUT2D eigenvalue weighted by Crippen LogP contribution is 2.16. The standard InChI is InChI=1S/C15H22N2O3/c1-4-10-16(12(2)3)15(20)17(11-14(18)19)13-8-6-5-7-9-13/h5-9,12H,4,10-11H2,1-3H3,(H,18,19). The van der Waals surface area contributed by atoms with Gasteiger partial charge in [0.25, 0.3) is 0 Å². The molecule has 0 unspecified atom stereocenters. The zero-order valence-corrected chi connectivity index (χ0v) is 12.2. The SMILES string of the molecule is CCCN(C(=O)N(CC(=O)O)c1ccccc1)C(C)C. The summed E-state index contributed by atoms with van der Waals surface area (Å²) in [7, 11) is 0. The molecule has 1 rings (SSSR count). The number of para-hydroxylation sites is 1. The van der Waals surface area contributed by atoms with Crippen molar-refractivity contribution in [2.45, 2.75) is 33.2 Å². The molecule has 0 aromatic heterocycles. The highest BCUT2D eigenvalue weighted by Gasteiger charge is 2.25. The van der Waals surface area contributed by atoms with Crippen molar-refractivity contribution in [3.63, 3.8) is 0 Å². The minimum atomic E-state index is -1.03. The van der Waals surface area contributed by atoms with Crippen LogP contribution < -0.4 is 4.90 Å². The number of urea groups is 1. The highest BCUT2D eigenvalue weighted by atomic mass is 16.4. The zero-order valence-electron chi connectivity index (χ0n) is 12.2. The fourth-order valence-electron chi connectivity index (χ4n) is 1.98. The number of carboxylic acids is 1. The van der Waals surface area contributed by atoms with Gasteiger partial charge in [0.05, 0.1) is 0 Å². The Kier molecular flexibility index (Phi) is 6.03. The number of hydrogen-bond donors (Lipinski definition) is 1. The summed E-state index contributed by atoms with van der Waals surface area (Å²) in [5, 5.41) is 9.03. The second-order valence-electron chi connectivity index (χ2n) is 4.89. The highest BCUT2D eigenvalue weighted by molar-refractivity contribution is 5.96. The maximum Gasteiger partial charge on any atom is 0.325 e. The van der Waals surface area contributed by atoms with E-state index in [4.69, 9.17) is 5.11 Å². The number of rotatable bonds is 6. The van der Waals surface area contributed by atoms with E-state index < -0.39 is 5.97 Å². The van der Waals surface area contributed by atoms with Gasteiger partial charge in [-0.2, -0.15) is 0 Å². The van der Waals surface area contributed by atoms with E-state index in [0.29, 0.717) is 12.2 Å². The van der Waals surface area contributed by atoms with Crippen LogP contribution in [0.15, 0.2) is 30.3 Å². The van der Waals surface area contributed by atoms with Crippen LogP contribution in [0.1, 0.15) is 27.2 Å². The number of carbonyl (C=O) groups is 2. The van der Waals surface area contributed by atoms with Crippen LogP contribution in [0, 0.1) is 0 Å². The van der Waals surface area contributed by atoms with E-state index in [1.54, 1.807) is 29.2 Å². The molecule has 0 heterocycles. The maximum absolute atomic E-state index is 12.6. The maximum atomic E-state index is 12.6. The van der Waals surface area contributed by atoms with Gasteiger partial charge >= 0.3 is 12.0 Å². The third-order valence-corrected chi connectivity index (χ3v) is 2.93. The predicted molar refractivity (Wildman–Crippen MR) is 79.0 cm³/mol. The van der Waals surface area contributed by atoms with Crippen LogP contribution in [0.4, 0.5) is 10.5 Å². The van der Waals surface area contributed by atoms with Gasteiger partial charge in [-0.05, 0) is 32.4 Å². The van der Waals surface area contributed by atoms with Crippen LogP contribution >= 0.6 is 0 Å². The number of carbonyl (C=O) groups excluding carboxylic acids is 1. The first-order valence-corrected chi connectivity index (χ1v) is 6.82. The van der Waals surface area contributed by atoms with Crippen LogP contribution in [0.3, 0.4) is 0 Å². The van der Waals surface area contributed by atoms with Crippen LogP contribution in [-0.4, -0.2) is 41.1 Å². The molecule has 1 aromatic carbocycles. The van der Waals surface area contributed by atoms with Crippen LogP contribution in [0.2, 0.25) is 0 Å². The lowest BCUT2D eigenvalue weighted by Crippen LogP contribution is -2.48. The summed E-state index contributed by atoms with van der Waals surface area (Å²) in [5.74, 6) is -1.03. The van der Waals surface area contributed by atoms with Gasteiger partial charge in [-0.1, -0.05) is 25.1 Å². The summed E-state index contributed by atoms with van der Waals surface area (Å²) in [6, 6.07) is 8.65. The smallest absolute Gasteiger partial charge is 0.325 e. The van der Waals surface area contributed by atoms with Gasteiger partial charge in [-0.25, -0.2) is 4.79 Å². The number of aliphatic carboxylic acids is 1. The molecule has 0 saturated heterocycles. The molecular weight excluding hydrogens is 256 g/mol. The Bertz CT molecular complexity index is 446. The first kappa shape index (κ1) is 16.0. The van der Waals surface area contributed by atoms with E-state index in [-0.39, 0.29) is 18.6 Å². The van der Waals surface area contributed by atoms with Crippen LogP contribution in [0.25, 0.3) is 0 Å². The van der Waals surface area contributed by atoms with Gasteiger partial charge in [-0.15, -0.1) is 0 Å². The number of amides is 2. The van der Waals surface area contributed by atoms with Gasteiger partial charge in [0.2, 0.25) is 0 Å². The molecule has 0 saturated carbocycles. The van der Waals surface area contributed by atoms with Crippen molar-refractivity contribution in [3.05, 3.63) is 30.3 Å². The molecule has 0 atom stereocenters. The molecule has 1 N–H and O–H groups in total. The second-order valence-corrected chi connectivity index (χ2v) is 4.89. The topological polar surface area (TPSA) is 60.9 Å². The van der Waals surface area contributed by atoms with E-state index in [1.165, 1.54) is 4.90 Å². The first-order valence-electron chi connectivity index (χ1n) is 6.82. The van der Waals surface area contributed by atoms with Crippen molar-refractivity contribution in [1.29, 1.82) is 0 Å². The van der Waals surface area contributed by atoms with E-state index in [2.05, 4.69) is 0 Å². The monoisotopic (exact) mass is 278 g/mol. The molecule has 5 heteroatoms. The molecule has 110 valence electrons. The summed E-state index contributed by atoms with van der Waals surface area (Å²) in [6.45, 7) is 6.12. The molecule has 5 nitrogen and oxygen atoms in total. The molecule has 1 aromatic rings. The molecule has 0 aliphatic carbocycles. The predicted octanol–water partition coefficient (Wildman–Crippen LogP) is 2.82. The van der Waals surface area contributed by atoms with Crippen molar-refractivity contribution in [1.82, 2.24) is 4.90 Å². The zero-order chi connectivity index (χ0) is 15.1. The molecule has 2 amide bonds. The molecule has 0 spiro atoms. The van der Waals surface area contributed by atoms with Crippen LogP contribution in [0.5, 0.6) is 0 Å². The van der Waals surface area contributed by atoms with Gasteiger partial charge in [-0.3, -0.25) is 9.69 Å². The normalized spacial score (nSPS) is 10.4. The molecule has 0 aliphatic rings. The Labute approximate surface area is 119 Å². The van der Waals surface area contributed by atoms with Gasteiger partial charge in [0, 0.05) is 18.3 Å². The molecule has 0 aliphatic heterocycles. The summed E-state index contributed by atoms with van der Waals surface area (Å²) in [4.78, 5) is 26.6. The van der Waals surface area contributed by atoms with E-state index in [9.17, 15) is 9.59 Å². The summed E-state index contributed by atoms with van der Waals surface area (Å²) in [5.41, 5.74) is 0.599. The average molecular weight is 278 g/mol. The van der Waals surface area contributed by atoms with Crippen molar-refractivity contribution in [2.75, 3.05) is 18.0 Å². The minimum Gasteiger partial charge on any atom is -0.480 e. The lowest BCUT2D eigenvalue weighted by Gasteiger charge is -2.32. The van der Waals surface area contributed by atoms with Crippen molar-refractivity contribution >= 4 is 17.7 Å². The largest absolute Gasteiger partial charge is 0.480 e. The number of nitrogens with zero attached hydrogens (tertiary/aromatic N) is 2. The number of benzene rings is 1. The quantitative estimate of drug-likeness (QED) is 0.870. The Morgan fingerprint density at radius 1 is 1.20 bits per heavy atom. The molecule has 0 radical (unpaired) electrons. The van der Waals surface area contributed by atoms with Gasteiger partial charge in [0.15, 0.2) is 0 Å². The summed E-state index contributed by atoms with van der Waals surface area (Å²) >= 11 is 0. The summed E-state index contributed by atoms with van der Waals surface area (Å²) < 4.78 is 0. The first-order chi connectivity index (χ1) is 9.47. The molecule has 0 bridgehead atoms. The number of hydrogen-bond acceptors (Lipinski definition) is 2. The van der Waals surface area contributed by atoms with Crippen molar-refractivity contribution in [2.24, 2.45) is 0 Å². The Hall–Kier alpha value is -2.04. The van der Waals surface area contributed by atoms with E-state index >= 15 is 0 Å². The number of carboxylic acid groups (broad SMARTS) is 1. The fourth-order valence-corrected chi connectivity index (χ4v) is 1.98. The van der Waals surface area contributed by atoms with Crippen LogP contribution in [-0.2, 0) is 4.79 Å². The minimum absolute atomic E-state index is 0.0301. The Morgan fingerprint density at radius 2 is 1.80 bits per heavy atom. The second kappa shape index (κ2) is 7.53. The van der Waals surface area contributed by atoms with Crippen molar-refractivity contribution in [3.8, 4) is 0 Å². The van der Waals surface area contributed by atoms with E-state index in [1.807, 2.05) is 26.8 Å². The van der Waals surface area contributed by atoms with Gasteiger partial charge in [0.1, 0.15) is 6.54 Å².